The smallest absolute Gasteiger partial charge is 0.00922 e. The van der Waals surface area contributed by atoms with E-state index in [9.17, 15) is 0 Å². The first kappa shape index (κ1) is 15.3. The standard InChI is InChI=1S/C16H28/c1-3-5-7-9-11-13-15-16-14-12-10-8-6-4-2/h5,7H,3-4,6,8,10,12-16H2,1-2H3/b7-5+. The first-order valence-corrected chi connectivity index (χ1v) is 7.05. The quantitative estimate of drug-likeness (QED) is 0.356. The molecule has 0 nitrogen and oxygen atoms in total. The van der Waals surface area contributed by atoms with E-state index in [1.165, 1.54) is 51.4 Å². The number of rotatable bonds is 9. The molecule has 0 bridgehead atoms. The summed E-state index contributed by atoms with van der Waals surface area (Å²) in [5.74, 6) is 6.27. The number of hydrogen-bond acceptors (Lipinski definition) is 0. The molecule has 0 aliphatic rings. The van der Waals surface area contributed by atoms with E-state index in [1.54, 1.807) is 0 Å². The fraction of sp³-hybridized carbons (Fsp3) is 0.750. The fourth-order valence-electron chi connectivity index (χ4n) is 1.66. The monoisotopic (exact) mass is 220 g/mol. The minimum Gasteiger partial charge on any atom is -0.0985 e. The molecule has 0 aliphatic heterocycles. The van der Waals surface area contributed by atoms with Gasteiger partial charge >= 0.3 is 0 Å². The summed E-state index contributed by atoms with van der Waals surface area (Å²) in [7, 11) is 0. The first-order chi connectivity index (χ1) is 7.91. The van der Waals surface area contributed by atoms with Gasteiger partial charge in [-0.3, -0.25) is 0 Å². The Hall–Kier alpha value is -0.700. The molecule has 0 heteroatoms. The van der Waals surface area contributed by atoms with Gasteiger partial charge in [0.1, 0.15) is 0 Å². The number of allylic oxidation sites excluding steroid dienone is 2. The van der Waals surface area contributed by atoms with Crippen LogP contribution < -0.4 is 0 Å². The van der Waals surface area contributed by atoms with E-state index in [0.29, 0.717) is 0 Å². The van der Waals surface area contributed by atoms with Crippen molar-refractivity contribution in [3.8, 4) is 11.8 Å². The molecule has 0 saturated carbocycles. The summed E-state index contributed by atoms with van der Waals surface area (Å²) in [6.07, 6.45) is 17.3. The highest BCUT2D eigenvalue weighted by atomic mass is 14.0. The highest BCUT2D eigenvalue weighted by Gasteiger charge is 1.89. The van der Waals surface area contributed by atoms with Crippen LogP contribution in [-0.4, -0.2) is 0 Å². The Morgan fingerprint density at radius 2 is 1.44 bits per heavy atom. The van der Waals surface area contributed by atoms with Gasteiger partial charge in [-0.2, -0.15) is 0 Å². The van der Waals surface area contributed by atoms with Gasteiger partial charge in [-0.1, -0.05) is 76.7 Å². The molecule has 0 fully saturated rings. The summed E-state index contributed by atoms with van der Waals surface area (Å²) in [4.78, 5) is 0. The summed E-state index contributed by atoms with van der Waals surface area (Å²) in [5, 5.41) is 0. The predicted octanol–water partition coefficient (Wildman–Crippen LogP) is 5.49. The van der Waals surface area contributed by atoms with Crippen molar-refractivity contribution in [2.45, 2.75) is 78.1 Å². The van der Waals surface area contributed by atoms with Crippen LogP contribution in [0.15, 0.2) is 12.2 Å². The molecule has 92 valence electrons. The Morgan fingerprint density at radius 1 is 0.812 bits per heavy atom. The summed E-state index contributed by atoms with van der Waals surface area (Å²) < 4.78 is 0. The molecule has 0 aromatic carbocycles. The average molecular weight is 220 g/mol. The third kappa shape index (κ3) is 13.3. The SMILES string of the molecule is CC/C=C/C#CCCCCCCCCCC. The summed E-state index contributed by atoms with van der Waals surface area (Å²) in [5.41, 5.74) is 0. The van der Waals surface area contributed by atoms with Gasteiger partial charge in [0.25, 0.3) is 0 Å². The van der Waals surface area contributed by atoms with Crippen LogP contribution in [0, 0.1) is 11.8 Å². The van der Waals surface area contributed by atoms with Crippen molar-refractivity contribution in [1.82, 2.24) is 0 Å². The second-order valence-electron chi connectivity index (χ2n) is 4.36. The Bertz CT molecular complexity index is 202. The van der Waals surface area contributed by atoms with Crippen molar-refractivity contribution in [2.24, 2.45) is 0 Å². The fourth-order valence-corrected chi connectivity index (χ4v) is 1.66. The van der Waals surface area contributed by atoms with E-state index >= 15 is 0 Å². The highest BCUT2D eigenvalue weighted by molar-refractivity contribution is 5.14. The molecule has 0 heterocycles. The van der Waals surface area contributed by atoms with E-state index in [1.807, 2.05) is 6.08 Å². The molecule has 16 heavy (non-hydrogen) atoms. The normalized spacial score (nSPS) is 10.4. The molecule has 0 N–H and O–H groups in total. The maximum atomic E-state index is 3.19. The van der Waals surface area contributed by atoms with Crippen LogP contribution in [0.2, 0.25) is 0 Å². The zero-order valence-electron chi connectivity index (χ0n) is 11.2. The van der Waals surface area contributed by atoms with Crippen LogP contribution in [-0.2, 0) is 0 Å². The summed E-state index contributed by atoms with van der Waals surface area (Å²) in [6, 6.07) is 0. The number of hydrogen-bond donors (Lipinski definition) is 0. The maximum Gasteiger partial charge on any atom is 0.00922 e. The van der Waals surface area contributed by atoms with Crippen LogP contribution >= 0.6 is 0 Å². The van der Waals surface area contributed by atoms with Crippen molar-refractivity contribution in [3.05, 3.63) is 12.2 Å². The van der Waals surface area contributed by atoms with Gasteiger partial charge in [0.15, 0.2) is 0 Å². The second kappa shape index (κ2) is 14.3. The van der Waals surface area contributed by atoms with E-state index in [-0.39, 0.29) is 0 Å². The maximum absolute atomic E-state index is 3.19. The third-order valence-corrected chi connectivity index (χ3v) is 2.69. The van der Waals surface area contributed by atoms with E-state index in [0.717, 1.165) is 12.8 Å². The predicted molar refractivity (Wildman–Crippen MR) is 74.4 cm³/mol. The lowest BCUT2D eigenvalue weighted by atomic mass is 10.1. The first-order valence-electron chi connectivity index (χ1n) is 7.05. The van der Waals surface area contributed by atoms with Crippen molar-refractivity contribution in [1.29, 1.82) is 0 Å². The third-order valence-electron chi connectivity index (χ3n) is 2.69. The van der Waals surface area contributed by atoms with Crippen molar-refractivity contribution in [3.63, 3.8) is 0 Å². The van der Waals surface area contributed by atoms with Crippen molar-refractivity contribution < 1.29 is 0 Å². The topological polar surface area (TPSA) is 0 Å². The molecule has 0 radical (unpaired) electrons. The highest BCUT2D eigenvalue weighted by Crippen LogP contribution is 2.08. The van der Waals surface area contributed by atoms with Gasteiger partial charge in [-0.05, 0) is 18.9 Å². The Labute approximate surface area is 103 Å². The summed E-state index contributed by atoms with van der Waals surface area (Å²) >= 11 is 0. The molecule has 0 atom stereocenters. The van der Waals surface area contributed by atoms with Crippen LogP contribution in [0.5, 0.6) is 0 Å². The van der Waals surface area contributed by atoms with Crippen molar-refractivity contribution >= 4 is 0 Å². The lowest BCUT2D eigenvalue weighted by Gasteiger charge is -1.98. The van der Waals surface area contributed by atoms with E-state index < -0.39 is 0 Å². The molecule has 0 aliphatic carbocycles. The second-order valence-corrected chi connectivity index (χ2v) is 4.36. The molecule has 0 amide bonds. The number of unbranched alkanes of at least 4 members (excludes halogenated alkanes) is 8. The zero-order valence-corrected chi connectivity index (χ0v) is 11.2. The van der Waals surface area contributed by atoms with Crippen LogP contribution in [0.3, 0.4) is 0 Å². The molecular weight excluding hydrogens is 192 g/mol. The van der Waals surface area contributed by atoms with Gasteiger partial charge in [0, 0.05) is 6.42 Å². The van der Waals surface area contributed by atoms with Gasteiger partial charge in [-0.25, -0.2) is 0 Å². The van der Waals surface area contributed by atoms with E-state index in [2.05, 4.69) is 31.8 Å². The van der Waals surface area contributed by atoms with Crippen molar-refractivity contribution in [2.75, 3.05) is 0 Å². The van der Waals surface area contributed by atoms with Crippen LogP contribution in [0.25, 0.3) is 0 Å². The zero-order chi connectivity index (χ0) is 11.9. The molecule has 0 aromatic rings. The minimum atomic E-state index is 1.07. The molecule has 0 unspecified atom stereocenters. The van der Waals surface area contributed by atoms with Gasteiger partial charge in [0.2, 0.25) is 0 Å². The minimum absolute atomic E-state index is 1.07. The molecule has 0 saturated heterocycles. The molecular formula is C16H28. The van der Waals surface area contributed by atoms with Gasteiger partial charge < -0.3 is 0 Å². The van der Waals surface area contributed by atoms with Crippen LogP contribution in [0.4, 0.5) is 0 Å². The molecule has 0 aromatic heterocycles. The Morgan fingerprint density at radius 3 is 2.06 bits per heavy atom. The lowest BCUT2D eigenvalue weighted by Crippen LogP contribution is -1.79. The molecule has 0 rings (SSSR count). The largest absolute Gasteiger partial charge is 0.0985 e. The van der Waals surface area contributed by atoms with Gasteiger partial charge in [-0.15, -0.1) is 0 Å². The average Bonchev–Trinajstić information content (AvgIpc) is 2.31. The molecule has 0 spiro atoms. The van der Waals surface area contributed by atoms with E-state index in [4.69, 9.17) is 0 Å². The van der Waals surface area contributed by atoms with Crippen LogP contribution in [0.1, 0.15) is 78.1 Å². The lowest BCUT2D eigenvalue weighted by molar-refractivity contribution is 0.579. The Balaban J connectivity index is 3.08. The van der Waals surface area contributed by atoms with Gasteiger partial charge in [0.05, 0.1) is 0 Å². The summed E-state index contributed by atoms with van der Waals surface area (Å²) in [6.45, 7) is 4.41. The Kier molecular flexibility index (Phi) is 13.7.